The first kappa shape index (κ1) is 31.5. The van der Waals surface area contributed by atoms with E-state index in [0.29, 0.717) is 18.4 Å². The number of nitrogens with two attached hydrogens (primary N) is 1. The van der Waals surface area contributed by atoms with Crippen molar-refractivity contribution >= 4 is 29.6 Å². The summed E-state index contributed by atoms with van der Waals surface area (Å²) >= 11 is 0. The molecular weight excluding hydrogens is 430 g/mol. The van der Waals surface area contributed by atoms with Gasteiger partial charge in [-0.3, -0.25) is 19.7 Å². The van der Waals surface area contributed by atoms with Gasteiger partial charge in [-0.15, -0.1) is 0 Å². The number of anilines is 1. The van der Waals surface area contributed by atoms with E-state index in [-0.39, 0.29) is 35.4 Å². The summed E-state index contributed by atoms with van der Waals surface area (Å²) in [5.41, 5.74) is 8.03. The van der Waals surface area contributed by atoms with Crippen LogP contribution in [-0.2, 0) is 14.4 Å². The number of rotatable bonds is 11. The average molecular weight is 476 g/mol. The van der Waals surface area contributed by atoms with Gasteiger partial charge in [0.2, 0.25) is 11.8 Å². The van der Waals surface area contributed by atoms with Crippen LogP contribution in [0.1, 0.15) is 89.1 Å². The lowest BCUT2D eigenvalue weighted by Gasteiger charge is -2.30. The summed E-state index contributed by atoms with van der Waals surface area (Å²) in [4.78, 5) is 45.8. The minimum Gasteiger partial charge on any atom is -0.384 e. The minimum atomic E-state index is -0.315. The van der Waals surface area contributed by atoms with Crippen molar-refractivity contribution in [2.75, 3.05) is 18.4 Å². The first-order valence-electron chi connectivity index (χ1n) is 12.6. The average Bonchev–Trinajstić information content (AvgIpc) is 2.82. The molecule has 3 atom stereocenters. The van der Waals surface area contributed by atoms with Crippen molar-refractivity contribution in [2.45, 2.75) is 80.1 Å². The molecule has 34 heavy (non-hydrogen) atoms. The fourth-order valence-corrected chi connectivity index (χ4v) is 4.01. The molecule has 192 valence electrons. The minimum absolute atomic E-state index is 0.0472. The van der Waals surface area contributed by atoms with Crippen LogP contribution in [0.25, 0.3) is 0 Å². The molecule has 1 saturated heterocycles. The van der Waals surface area contributed by atoms with Gasteiger partial charge in [0.25, 0.3) is 0 Å². The van der Waals surface area contributed by atoms with Crippen molar-refractivity contribution in [3.8, 4) is 0 Å². The maximum absolute atomic E-state index is 13.4. The van der Waals surface area contributed by atoms with Crippen molar-refractivity contribution in [3.63, 3.8) is 0 Å². The van der Waals surface area contributed by atoms with Gasteiger partial charge in [-0.2, -0.15) is 0 Å². The van der Waals surface area contributed by atoms with E-state index in [1.165, 1.54) is 6.92 Å². The molecule has 1 aliphatic heterocycles. The summed E-state index contributed by atoms with van der Waals surface area (Å²) in [5.74, 6) is -1.20. The van der Waals surface area contributed by atoms with Crippen molar-refractivity contribution in [2.24, 2.45) is 23.5 Å². The highest BCUT2D eigenvalue weighted by molar-refractivity contribution is 6.04. The number of aldehydes is 1. The van der Waals surface area contributed by atoms with E-state index in [4.69, 9.17) is 10.5 Å². The second-order valence-corrected chi connectivity index (χ2v) is 8.43. The number of aryl methyl sites for hydroxylation is 1. The molecule has 1 heterocycles. The molecule has 1 aromatic carbocycles. The van der Waals surface area contributed by atoms with Gasteiger partial charge in [0.1, 0.15) is 6.29 Å². The fourth-order valence-electron chi connectivity index (χ4n) is 4.01. The van der Waals surface area contributed by atoms with E-state index in [9.17, 15) is 14.4 Å². The summed E-state index contributed by atoms with van der Waals surface area (Å²) in [7, 11) is 0. The highest BCUT2D eigenvalue weighted by Crippen LogP contribution is 2.32. The second kappa shape index (κ2) is 17.9. The Morgan fingerprint density at radius 2 is 1.79 bits per heavy atom. The van der Waals surface area contributed by atoms with Crippen molar-refractivity contribution in [1.82, 2.24) is 5.32 Å². The summed E-state index contributed by atoms with van der Waals surface area (Å²) < 4.78 is 0. The van der Waals surface area contributed by atoms with Crippen LogP contribution < -0.4 is 16.4 Å². The largest absolute Gasteiger partial charge is 0.384 e. The molecule has 0 radical (unpaired) electrons. The lowest BCUT2D eigenvalue weighted by Crippen LogP contribution is -2.45. The van der Waals surface area contributed by atoms with E-state index in [0.717, 1.165) is 56.3 Å². The number of piperidine rings is 1. The van der Waals surface area contributed by atoms with Gasteiger partial charge < -0.3 is 15.8 Å². The van der Waals surface area contributed by atoms with E-state index in [2.05, 4.69) is 10.6 Å². The van der Waals surface area contributed by atoms with Gasteiger partial charge in [-0.05, 0) is 57.2 Å². The third kappa shape index (κ3) is 10.2. The zero-order chi connectivity index (χ0) is 26.1. The maximum Gasteiger partial charge on any atom is 0.229 e. The van der Waals surface area contributed by atoms with Crippen LogP contribution in [0.4, 0.5) is 5.69 Å². The number of carbonyl (C=O) groups is 4. The lowest BCUT2D eigenvalue weighted by molar-refractivity contribution is -0.137. The van der Waals surface area contributed by atoms with Crippen LogP contribution in [0.3, 0.4) is 0 Å². The molecule has 0 aromatic heterocycles. The normalized spacial score (nSPS) is 16.6. The van der Waals surface area contributed by atoms with Crippen molar-refractivity contribution in [3.05, 3.63) is 29.3 Å². The Balaban J connectivity index is 0.00000201. The number of imide groups is 1. The molecular formula is C27H45N3O4. The molecule has 0 aliphatic carbocycles. The SMILES string of the molecule is CC.CC=O.Cc1cccc(NCCCCCCN)c1C(=O)C(C)C(C)C1CCC(=O)NC1=O. The van der Waals surface area contributed by atoms with Crippen molar-refractivity contribution in [1.29, 1.82) is 0 Å². The molecule has 1 aliphatic rings. The predicted octanol–water partition coefficient (Wildman–Crippen LogP) is 4.67. The number of hydrogen-bond donors (Lipinski definition) is 3. The predicted molar refractivity (Wildman–Crippen MR) is 139 cm³/mol. The number of carbonyl (C=O) groups excluding carboxylic acids is 4. The Hall–Kier alpha value is -2.54. The van der Waals surface area contributed by atoms with Crippen LogP contribution in [0.15, 0.2) is 18.2 Å². The Morgan fingerprint density at radius 3 is 2.38 bits per heavy atom. The first-order valence-corrected chi connectivity index (χ1v) is 12.6. The Morgan fingerprint density at radius 1 is 1.18 bits per heavy atom. The van der Waals surface area contributed by atoms with Gasteiger partial charge in [-0.25, -0.2) is 0 Å². The van der Waals surface area contributed by atoms with Gasteiger partial charge in [0, 0.05) is 36.1 Å². The Labute approximate surface area is 205 Å². The van der Waals surface area contributed by atoms with Gasteiger partial charge >= 0.3 is 0 Å². The highest BCUT2D eigenvalue weighted by atomic mass is 16.2. The van der Waals surface area contributed by atoms with Crippen LogP contribution >= 0.6 is 0 Å². The standard InChI is InChI=1S/C23H35N3O3.C2H4O.C2H6/c1-15-9-8-10-19(25-14-7-5-4-6-13-24)21(15)22(28)17(3)16(2)18-11-12-20(27)26-23(18)29;1-2-3;1-2/h8-10,16-18,25H,4-7,11-14,24H2,1-3H3,(H,26,27,29);2H,1H3;1-2H3. The smallest absolute Gasteiger partial charge is 0.229 e. The summed E-state index contributed by atoms with van der Waals surface area (Å²) in [5, 5.41) is 5.83. The van der Waals surface area contributed by atoms with Crippen LogP contribution in [0.2, 0.25) is 0 Å². The molecule has 3 unspecified atom stereocenters. The molecule has 0 saturated carbocycles. The molecule has 4 N–H and O–H groups in total. The summed E-state index contributed by atoms with van der Waals surface area (Å²) in [6.45, 7) is 12.8. The number of unbranched alkanes of at least 4 members (excludes halogenated alkanes) is 3. The number of nitrogens with one attached hydrogen (secondary N) is 2. The lowest BCUT2D eigenvalue weighted by atomic mass is 9.76. The monoisotopic (exact) mass is 475 g/mol. The number of ketones is 1. The molecule has 2 rings (SSSR count). The molecule has 1 aromatic rings. The maximum atomic E-state index is 13.4. The molecule has 1 fully saturated rings. The van der Waals surface area contributed by atoms with Gasteiger partial charge in [-0.1, -0.05) is 52.7 Å². The Bertz CT molecular complexity index is 779. The van der Waals surface area contributed by atoms with Crippen molar-refractivity contribution < 1.29 is 19.2 Å². The molecule has 7 nitrogen and oxygen atoms in total. The van der Waals surface area contributed by atoms with E-state index in [1.807, 2.05) is 52.8 Å². The fraction of sp³-hybridized carbons (Fsp3) is 0.630. The second-order valence-electron chi connectivity index (χ2n) is 8.43. The number of amides is 2. The van der Waals surface area contributed by atoms with Crippen LogP contribution in [0, 0.1) is 24.7 Å². The first-order chi connectivity index (χ1) is 16.3. The topological polar surface area (TPSA) is 118 Å². The molecule has 0 spiro atoms. The zero-order valence-corrected chi connectivity index (χ0v) is 21.9. The summed E-state index contributed by atoms with van der Waals surface area (Å²) in [6, 6.07) is 5.85. The van der Waals surface area contributed by atoms with Crippen LogP contribution in [0.5, 0.6) is 0 Å². The van der Waals surface area contributed by atoms with Gasteiger partial charge in [0.15, 0.2) is 5.78 Å². The molecule has 0 bridgehead atoms. The quantitative estimate of drug-likeness (QED) is 0.185. The van der Waals surface area contributed by atoms with E-state index < -0.39 is 0 Å². The third-order valence-corrected chi connectivity index (χ3v) is 6.08. The van der Waals surface area contributed by atoms with Gasteiger partial charge in [0.05, 0.1) is 0 Å². The number of hydrogen-bond acceptors (Lipinski definition) is 6. The number of benzene rings is 1. The zero-order valence-electron chi connectivity index (χ0n) is 21.9. The summed E-state index contributed by atoms with van der Waals surface area (Å²) in [6.07, 6.45) is 5.91. The molecule has 2 amide bonds. The third-order valence-electron chi connectivity index (χ3n) is 6.08. The molecule has 7 heteroatoms. The highest BCUT2D eigenvalue weighted by Gasteiger charge is 2.36. The number of Topliss-reactive ketones (excluding diaryl/α,β-unsaturated/α-hetero) is 1. The van der Waals surface area contributed by atoms with Crippen LogP contribution in [-0.4, -0.2) is 37.0 Å². The van der Waals surface area contributed by atoms with E-state index in [1.54, 1.807) is 0 Å². The van der Waals surface area contributed by atoms with E-state index >= 15 is 0 Å². The Kier molecular flexibility index (Phi) is 16.5.